The molecule has 1 amide bonds. The molecule has 2 rings (SSSR count). The summed E-state index contributed by atoms with van der Waals surface area (Å²) in [5.41, 5.74) is 5.47. The van der Waals surface area contributed by atoms with Crippen LogP contribution in [-0.4, -0.2) is 37.8 Å². The lowest BCUT2D eigenvalue weighted by Crippen LogP contribution is -2.54. The maximum atomic E-state index is 11.9. The van der Waals surface area contributed by atoms with E-state index in [1.54, 1.807) is 0 Å². The molecule has 1 aliphatic carbocycles. The lowest BCUT2D eigenvalue weighted by atomic mass is 9.96. The molecule has 3 N–H and O–H groups in total. The molecule has 1 unspecified atom stereocenters. The van der Waals surface area contributed by atoms with Crippen molar-refractivity contribution in [1.82, 2.24) is 5.32 Å². The number of nitrogens with two attached hydrogens (primary N) is 1. The summed E-state index contributed by atoms with van der Waals surface area (Å²) in [6, 6.07) is 9.52. The van der Waals surface area contributed by atoms with Gasteiger partial charge in [0.1, 0.15) is 19.0 Å². The first-order valence-electron chi connectivity index (χ1n) is 7.41. The Morgan fingerprint density at radius 1 is 1.32 bits per heavy atom. The van der Waals surface area contributed by atoms with Crippen molar-refractivity contribution in [2.75, 3.05) is 26.4 Å². The summed E-state index contributed by atoms with van der Waals surface area (Å²) in [5.74, 6) is 1.19. The van der Waals surface area contributed by atoms with Crippen molar-refractivity contribution in [3.8, 4) is 5.75 Å². The lowest BCUT2D eigenvalue weighted by molar-refractivity contribution is -0.127. The molecule has 6 heteroatoms. The number of para-hydroxylation sites is 1. The average molecular weight is 329 g/mol. The number of carbonyl (C=O) groups excluding carboxylic acids is 1. The Kier molecular flexibility index (Phi) is 7.65. The first-order chi connectivity index (χ1) is 10.1. The molecule has 0 heterocycles. The third-order valence-electron chi connectivity index (χ3n) is 3.80. The second-order valence-electron chi connectivity index (χ2n) is 5.66. The molecule has 0 radical (unpaired) electrons. The van der Waals surface area contributed by atoms with Gasteiger partial charge in [-0.25, -0.2) is 0 Å². The van der Waals surface area contributed by atoms with Crippen molar-refractivity contribution in [1.29, 1.82) is 0 Å². The monoisotopic (exact) mass is 328 g/mol. The molecule has 0 saturated heterocycles. The van der Waals surface area contributed by atoms with Crippen molar-refractivity contribution in [3.63, 3.8) is 0 Å². The molecule has 1 aromatic carbocycles. The minimum absolute atomic E-state index is 0. The Bertz CT molecular complexity index is 454. The first-order valence-corrected chi connectivity index (χ1v) is 7.41. The number of hydrogen-bond donors (Lipinski definition) is 2. The van der Waals surface area contributed by atoms with Crippen LogP contribution in [0.2, 0.25) is 0 Å². The fraction of sp³-hybridized carbons (Fsp3) is 0.562. The number of ether oxygens (including phenoxy) is 2. The summed E-state index contributed by atoms with van der Waals surface area (Å²) in [4.78, 5) is 11.9. The van der Waals surface area contributed by atoms with Gasteiger partial charge in [0, 0.05) is 6.54 Å². The van der Waals surface area contributed by atoms with E-state index in [4.69, 9.17) is 15.2 Å². The van der Waals surface area contributed by atoms with E-state index >= 15 is 0 Å². The molecule has 0 aromatic heterocycles. The van der Waals surface area contributed by atoms with Gasteiger partial charge in [-0.1, -0.05) is 18.2 Å². The van der Waals surface area contributed by atoms with Crippen molar-refractivity contribution in [2.24, 2.45) is 11.7 Å². The summed E-state index contributed by atoms with van der Waals surface area (Å²) in [7, 11) is 0. The summed E-state index contributed by atoms with van der Waals surface area (Å²) >= 11 is 0. The number of carbonyl (C=O) groups is 1. The highest BCUT2D eigenvalue weighted by Crippen LogP contribution is 2.38. The van der Waals surface area contributed by atoms with Crippen molar-refractivity contribution in [3.05, 3.63) is 30.3 Å². The fourth-order valence-corrected chi connectivity index (χ4v) is 2.29. The second-order valence-corrected chi connectivity index (χ2v) is 5.66. The molecule has 22 heavy (non-hydrogen) atoms. The summed E-state index contributed by atoms with van der Waals surface area (Å²) < 4.78 is 10.8. The molecule has 0 spiro atoms. The van der Waals surface area contributed by atoms with Crippen LogP contribution in [-0.2, 0) is 9.53 Å². The Morgan fingerprint density at radius 2 is 2.00 bits per heavy atom. The number of benzene rings is 1. The van der Waals surface area contributed by atoms with E-state index in [0.717, 1.165) is 18.6 Å². The average Bonchev–Trinajstić information content (AvgIpc) is 3.33. The Balaban J connectivity index is 0.00000242. The molecule has 1 aliphatic rings. The van der Waals surface area contributed by atoms with E-state index < -0.39 is 0 Å². The summed E-state index contributed by atoms with van der Waals surface area (Å²) in [5, 5.41) is 2.98. The smallest absolute Gasteiger partial charge is 0.246 e. The molecular formula is C16H25ClN2O3. The van der Waals surface area contributed by atoms with Crippen LogP contribution >= 0.6 is 12.4 Å². The van der Waals surface area contributed by atoms with Crippen LogP contribution in [0.5, 0.6) is 5.75 Å². The minimum atomic E-state index is -0.291. The van der Waals surface area contributed by atoms with Gasteiger partial charge in [-0.3, -0.25) is 4.79 Å². The lowest BCUT2D eigenvalue weighted by Gasteiger charge is -2.29. The Hall–Kier alpha value is -1.30. The van der Waals surface area contributed by atoms with Gasteiger partial charge in [0.2, 0.25) is 5.91 Å². The number of rotatable bonds is 9. The largest absolute Gasteiger partial charge is 0.491 e. The third kappa shape index (κ3) is 5.83. The van der Waals surface area contributed by atoms with Gasteiger partial charge in [0.25, 0.3) is 0 Å². The predicted molar refractivity (Wildman–Crippen MR) is 88.3 cm³/mol. The van der Waals surface area contributed by atoms with Gasteiger partial charge in [0.05, 0.1) is 12.1 Å². The van der Waals surface area contributed by atoms with Crippen LogP contribution in [0.3, 0.4) is 0 Å². The number of halogens is 1. The number of hydrogen-bond acceptors (Lipinski definition) is 4. The molecule has 1 aromatic rings. The predicted octanol–water partition coefficient (Wildman–Crippen LogP) is 1.75. The van der Waals surface area contributed by atoms with E-state index in [9.17, 15) is 4.79 Å². The zero-order chi connectivity index (χ0) is 15.1. The molecule has 0 aliphatic heterocycles. The quantitative estimate of drug-likeness (QED) is 0.677. The fourth-order valence-electron chi connectivity index (χ4n) is 2.29. The van der Waals surface area contributed by atoms with E-state index in [-0.39, 0.29) is 30.5 Å². The van der Waals surface area contributed by atoms with Gasteiger partial charge in [-0.05, 0) is 37.8 Å². The molecule has 0 bridgehead atoms. The maximum absolute atomic E-state index is 11.9. The molecule has 5 nitrogen and oxygen atoms in total. The highest BCUT2D eigenvalue weighted by Gasteiger charge is 2.41. The van der Waals surface area contributed by atoms with Gasteiger partial charge in [-0.15, -0.1) is 12.4 Å². The van der Waals surface area contributed by atoms with E-state index in [0.29, 0.717) is 25.7 Å². The molecule has 1 saturated carbocycles. The molecule has 1 atom stereocenters. The topological polar surface area (TPSA) is 73.6 Å². The van der Waals surface area contributed by atoms with Crippen molar-refractivity contribution >= 4 is 18.3 Å². The maximum Gasteiger partial charge on any atom is 0.246 e. The number of nitrogens with one attached hydrogen (secondary N) is 1. The second kappa shape index (κ2) is 8.98. The van der Waals surface area contributed by atoms with Crippen LogP contribution in [0.1, 0.15) is 19.8 Å². The third-order valence-corrected chi connectivity index (χ3v) is 3.80. The Labute approximate surface area is 138 Å². The van der Waals surface area contributed by atoms with E-state index in [1.165, 1.54) is 0 Å². The SMILES string of the molecule is CC(CN)(NC(=O)COCCOc1ccccc1)C1CC1.Cl. The van der Waals surface area contributed by atoms with Crippen LogP contribution in [0.25, 0.3) is 0 Å². The molecule has 124 valence electrons. The normalized spacial score (nSPS) is 16.3. The van der Waals surface area contributed by atoms with Crippen LogP contribution in [0, 0.1) is 5.92 Å². The summed E-state index contributed by atoms with van der Waals surface area (Å²) in [6.45, 7) is 3.31. The van der Waals surface area contributed by atoms with E-state index in [2.05, 4.69) is 5.32 Å². The van der Waals surface area contributed by atoms with Crippen LogP contribution in [0.15, 0.2) is 30.3 Å². The van der Waals surface area contributed by atoms with E-state index in [1.807, 2.05) is 37.3 Å². The molecular weight excluding hydrogens is 304 g/mol. The molecule has 1 fully saturated rings. The zero-order valence-corrected chi connectivity index (χ0v) is 13.7. The first kappa shape index (κ1) is 18.7. The van der Waals surface area contributed by atoms with Crippen LogP contribution in [0.4, 0.5) is 0 Å². The van der Waals surface area contributed by atoms with Gasteiger partial charge < -0.3 is 20.5 Å². The van der Waals surface area contributed by atoms with Gasteiger partial charge in [-0.2, -0.15) is 0 Å². The standard InChI is InChI=1S/C16H24N2O3.ClH/c1-16(12-17,13-7-8-13)18-15(19)11-20-9-10-21-14-5-3-2-4-6-14;/h2-6,13H,7-12,17H2,1H3,(H,18,19);1H. The summed E-state index contributed by atoms with van der Waals surface area (Å²) in [6.07, 6.45) is 2.28. The highest BCUT2D eigenvalue weighted by molar-refractivity contribution is 5.85. The van der Waals surface area contributed by atoms with Crippen LogP contribution < -0.4 is 15.8 Å². The number of amides is 1. The van der Waals surface area contributed by atoms with Crippen molar-refractivity contribution in [2.45, 2.75) is 25.3 Å². The highest BCUT2D eigenvalue weighted by atomic mass is 35.5. The van der Waals surface area contributed by atoms with Crippen molar-refractivity contribution < 1.29 is 14.3 Å². The minimum Gasteiger partial charge on any atom is -0.491 e. The van der Waals surface area contributed by atoms with Gasteiger partial charge in [0.15, 0.2) is 0 Å². The zero-order valence-electron chi connectivity index (χ0n) is 12.9. The van der Waals surface area contributed by atoms with Gasteiger partial charge >= 0.3 is 0 Å². The Morgan fingerprint density at radius 3 is 2.59 bits per heavy atom.